The molecule has 4 rings (SSSR count). The molecule has 1 unspecified atom stereocenters. The Hall–Kier alpha value is -5.19. The zero-order valence-corrected chi connectivity index (χ0v) is 26.8. The van der Waals surface area contributed by atoms with E-state index in [1.54, 1.807) is 18.2 Å². The molecular formula is C35H41N3O8. The zero-order chi connectivity index (χ0) is 33.5. The second-order valence-electron chi connectivity index (χ2n) is 11.2. The van der Waals surface area contributed by atoms with Gasteiger partial charge in [-0.2, -0.15) is 0 Å². The number of hydrogen-bond donors (Lipinski definition) is 5. The molecule has 11 heteroatoms. The van der Waals surface area contributed by atoms with Crippen molar-refractivity contribution in [1.29, 1.82) is 0 Å². The smallest absolute Gasteiger partial charge is 0.336 e. The summed E-state index contributed by atoms with van der Waals surface area (Å²) >= 11 is 0. The third kappa shape index (κ3) is 7.53. The number of carbonyl (C=O) groups excluding carboxylic acids is 1. The van der Waals surface area contributed by atoms with Crippen molar-refractivity contribution in [3.05, 3.63) is 81.9 Å². The monoisotopic (exact) mass is 631 g/mol. The number of carboxylic acids is 1. The van der Waals surface area contributed by atoms with Crippen LogP contribution in [0, 0.1) is 12.8 Å². The number of allylic oxidation sites excluding steroid dienone is 3. The first-order chi connectivity index (χ1) is 21.9. The van der Waals surface area contributed by atoms with Crippen molar-refractivity contribution in [3.63, 3.8) is 0 Å². The highest BCUT2D eigenvalue weighted by Crippen LogP contribution is 2.43. The molecular weight excluding hydrogens is 590 g/mol. The number of phenols is 1. The number of aromatic hydroxyl groups is 3. The van der Waals surface area contributed by atoms with Crippen molar-refractivity contribution >= 4 is 28.9 Å². The van der Waals surface area contributed by atoms with Crippen LogP contribution < -0.4 is 14.9 Å². The molecule has 0 bridgehead atoms. The van der Waals surface area contributed by atoms with Crippen LogP contribution in [0.5, 0.6) is 23.3 Å². The van der Waals surface area contributed by atoms with Gasteiger partial charge in [-0.25, -0.2) is 9.59 Å². The lowest BCUT2D eigenvalue weighted by atomic mass is 9.78. The first kappa shape index (κ1) is 33.7. The molecule has 0 spiro atoms. The number of anilines is 1. The minimum Gasteiger partial charge on any atom is -0.507 e. The zero-order valence-electron chi connectivity index (χ0n) is 26.8. The summed E-state index contributed by atoms with van der Waals surface area (Å²) in [5.74, 6) is -2.29. The summed E-state index contributed by atoms with van der Waals surface area (Å²) in [7, 11) is 0. The van der Waals surface area contributed by atoms with Crippen LogP contribution in [-0.4, -0.2) is 62.5 Å². The lowest BCUT2D eigenvalue weighted by molar-refractivity contribution is -0.145. The predicted molar refractivity (Wildman–Crippen MR) is 176 cm³/mol. The van der Waals surface area contributed by atoms with Gasteiger partial charge in [-0.1, -0.05) is 13.0 Å². The molecule has 1 heterocycles. The first-order valence-electron chi connectivity index (χ1n) is 15.3. The number of aromatic carboxylic acids is 1. The Morgan fingerprint density at radius 3 is 2.37 bits per heavy atom. The molecule has 0 amide bonds. The maximum absolute atomic E-state index is 12.6. The van der Waals surface area contributed by atoms with Crippen molar-refractivity contribution in [2.45, 2.75) is 53.9 Å². The molecule has 1 aliphatic rings. The average molecular weight is 632 g/mol. The quantitative estimate of drug-likeness (QED) is 0.149. The molecule has 244 valence electrons. The summed E-state index contributed by atoms with van der Waals surface area (Å²) in [6, 6.07) is 10.6. The minimum absolute atomic E-state index is 0.0104. The fourth-order valence-electron chi connectivity index (χ4n) is 5.51. The van der Waals surface area contributed by atoms with Crippen molar-refractivity contribution in [2.24, 2.45) is 10.9 Å². The SMILES string of the molecule is CCN=C1CC(C)/C(=C(\c2cc(C)c(NCC)cc2O)c2cc(OCCCC(=O)On3c(O)ccc3O)ccc2C(=O)O)C=C1C. The fraction of sp³-hybridized carbons (Fsp3) is 0.343. The number of ether oxygens (including phenoxy) is 1. The van der Waals surface area contributed by atoms with Crippen LogP contribution in [0.1, 0.15) is 74.0 Å². The Kier molecular flexibility index (Phi) is 10.8. The number of carboxylic acid groups (broad SMARTS) is 1. The number of hydrogen-bond acceptors (Lipinski definition) is 9. The van der Waals surface area contributed by atoms with E-state index >= 15 is 0 Å². The number of aromatic nitrogens is 1. The van der Waals surface area contributed by atoms with Gasteiger partial charge in [0.2, 0.25) is 11.8 Å². The number of benzene rings is 2. The molecule has 0 aliphatic heterocycles. The average Bonchev–Trinajstić information content (AvgIpc) is 3.32. The molecule has 3 aromatic rings. The number of aryl methyl sites for hydroxylation is 1. The van der Waals surface area contributed by atoms with E-state index in [1.807, 2.05) is 39.8 Å². The van der Waals surface area contributed by atoms with Crippen LogP contribution in [0.3, 0.4) is 0 Å². The maximum Gasteiger partial charge on any atom is 0.336 e. The normalized spacial score (nSPS) is 16.6. The lowest BCUT2D eigenvalue weighted by Crippen LogP contribution is -2.19. The number of carbonyl (C=O) groups is 2. The van der Waals surface area contributed by atoms with Crippen molar-refractivity contribution in [1.82, 2.24) is 4.73 Å². The number of nitrogens with one attached hydrogen (secondary N) is 1. The topological polar surface area (TPSA) is 163 Å². The lowest BCUT2D eigenvalue weighted by Gasteiger charge is -2.27. The summed E-state index contributed by atoms with van der Waals surface area (Å²) in [4.78, 5) is 34.4. The Morgan fingerprint density at radius 1 is 1.00 bits per heavy atom. The van der Waals surface area contributed by atoms with Gasteiger partial charge in [-0.15, -0.1) is 4.73 Å². The van der Waals surface area contributed by atoms with Gasteiger partial charge in [0.15, 0.2) is 0 Å². The summed E-state index contributed by atoms with van der Waals surface area (Å²) in [6.45, 7) is 11.4. The summed E-state index contributed by atoms with van der Waals surface area (Å²) < 4.78 is 6.58. The molecule has 46 heavy (non-hydrogen) atoms. The molecule has 1 aliphatic carbocycles. The van der Waals surface area contributed by atoms with E-state index in [0.29, 0.717) is 46.7 Å². The van der Waals surface area contributed by atoms with Gasteiger partial charge in [-0.3, -0.25) is 4.99 Å². The molecule has 0 saturated carbocycles. The largest absolute Gasteiger partial charge is 0.507 e. The molecule has 0 saturated heterocycles. The Bertz CT molecular complexity index is 1700. The Balaban J connectivity index is 1.73. The van der Waals surface area contributed by atoms with Crippen LogP contribution in [-0.2, 0) is 4.79 Å². The van der Waals surface area contributed by atoms with Gasteiger partial charge in [0, 0.05) is 53.8 Å². The maximum atomic E-state index is 12.6. The summed E-state index contributed by atoms with van der Waals surface area (Å²) in [5, 5.41) is 44.3. The second-order valence-corrected chi connectivity index (χ2v) is 11.2. The van der Waals surface area contributed by atoms with Gasteiger partial charge in [-0.05, 0) is 93.0 Å². The van der Waals surface area contributed by atoms with Crippen LogP contribution >= 0.6 is 0 Å². The van der Waals surface area contributed by atoms with Gasteiger partial charge < -0.3 is 35.3 Å². The van der Waals surface area contributed by atoms with Crippen molar-refractivity contribution in [2.75, 3.05) is 25.0 Å². The molecule has 0 radical (unpaired) electrons. The number of aliphatic imine (C=N–C) groups is 1. The molecule has 0 fully saturated rings. The number of rotatable bonds is 12. The van der Waals surface area contributed by atoms with Gasteiger partial charge in [0.05, 0.1) is 18.6 Å². The third-order valence-electron chi connectivity index (χ3n) is 7.75. The van der Waals surface area contributed by atoms with E-state index in [2.05, 4.69) is 17.2 Å². The van der Waals surface area contributed by atoms with Gasteiger partial charge in [0.25, 0.3) is 0 Å². The number of phenolic OH excluding ortho intramolecular Hbond substituents is 1. The van der Waals surface area contributed by atoms with Crippen LogP contribution in [0.4, 0.5) is 5.69 Å². The fourth-order valence-corrected chi connectivity index (χ4v) is 5.51. The second kappa shape index (κ2) is 14.7. The molecule has 1 atom stereocenters. The first-order valence-corrected chi connectivity index (χ1v) is 15.3. The van der Waals surface area contributed by atoms with Crippen LogP contribution in [0.25, 0.3) is 5.57 Å². The highest BCUT2D eigenvalue weighted by Gasteiger charge is 2.27. The summed E-state index contributed by atoms with van der Waals surface area (Å²) in [5.41, 5.74) is 6.04. The van der Waals surface area contributed by atoms with Gasteiger partial charge >= 0.3 is 11.9 Å². The van der Waals surface area contributed by atoms with E-state index in [4.69, 9.17) is 9.57 Å². The van der Waals surface area contributed by atoms with Crippen LogP contribution in [0.15, 0.2) is 64.7 Å². The third-order valence-corrected chi connectivity index (χ3v) is 7.75. The Labute approximate surface area is 268 Å². The van der Waals surface area contributed by atoms with Crippen LogP contribution in [0.2, 0.25) is 0 Å². The van der Waals surface area contributed by atoms with E-state index in [9.17, 15) is 30.0 Å². The number of nitrogens with zero attached hydrogens (tertiary/aromatic N) is 2. The summed E-state index contributed by atoms with van der Waals surface area (Å²) in [6.07, 6.45) is 2.87. The van der Waals surface area contributed by atoms with E-state index in [1.165, 1.54) is 18.2 Å². The van der Waals surface area contributed by atoms with Crippen molar-refractivity contribution < 1.29 is 39.6 Å². The van der Waals surface area contributed by atoms with E-state index in [0.717, 1.165) is 28.1 Å². The van der Waals surface area contributed by atoms with Crippen molar-refractivity contribution in [3.8, 4) is 23.3 Å². The minimum atomic E-state index is -1.13. The Morgan fingerprint density at radius 2 is 1.72 bits per heavy atom. The highest BCUT2D eigenvalue weighted by atomic mass is 16.7. The molecule has 1 aromatic heterocycles. The molecule has 11 nitrogen and oxygen atoms in total. The molecule has 5 N–H and O–H groups in total. The molecule has 2 aromatic carbocycles. The van der Waals surface area contributed by atoms with Gasteiger partial charge in [0.1, 0.15) is 11.5 Å². The van der Waals surface area contributed by atoms with E-state index in [-0.39, 0.29) is 36.7 Å². The standard InChI is InChI=1S/C35H41N3O8/c1-6-36-28-17-20(3)25(15-21(28)4)34(27-16-22(5)29(37-7-2)19-30(27)39)26-18-23(10-11-24(26)35(43)44)45-14-8-9-33(42)46-38-31(40)12-13-32(38)41/h10-13,15-16,18-20,37,39-41H,6-9,14,17H2,1-5H3,(H,43,44)/b34-25-,36-28?. The predicted octanol–water partition coefficient (Wildman–Crippen LogP) is 6.11. The highest BCUT2D eigenvalue weighted by molar-refractivity contribution is 6.04. The van der Waals surface area contributed by atoms with E-state index < -0.39 is 23.7 Å².